The zero-order chi connectivity index (χ0) is 87.8. The molecule has 25 heteroatoms. The number of carbonyl (C=O) groups is 6. The number of carboxylic acid groups (broad SMARTS) is 2. The molecule has 22 atom stereocenters. The van der Waals surface area contributed by atoms with Crippen LogP contribution in [0.3, 0.4) is 0 Å². The van der Waals surface area contributed by atoms with E-state index in [1.54, 1.807) is 12.1 Å². The number of allylic oxidation sites excluding steroid dienone is 4. The first-order valence-electron chi connectivity index (χ1n) is 44.7. The number of aromatic nitrogens is 4. The predicted molar refractivity (Wildman–Crippen MR) is 450 cm³/mol. The fourth-order valence-electron chi connectivity index (χ4n) is 27.0. The summed E-state index contributed by atoms with van der Waals surface area (Å²) in [7, 11) is 0. The van der Waals surface area contributed by atoms with Crippen LogP contribution in [0.5, 0.6) is 0 Å². The monoisotopic (exact) mass is 1750 g/mol. The van der Waals surface area contributed by atoms with Crippen LogP contribution < -0.4 is 9.97 Å². The molecule has 0 radical (unpaired) electrons. The van der Waals surface area contributed by atoms with Gasteiger partial charge in [-0.1, -0.05) is 128 Å². The minimum atomic E-state index is -5.24. The molecule has 0 unspecified atom stereocenters. The minimum absolute atomic E-state index is 0. The van der Waals surface area contributed by atoms with Crippen LogP contribution >= 0.6 is 0 Å². The maximum atomic E-state index is 15.0. The van der Waals surface area contributed by atoms with Gasteiger partial charge in [-0.05, 0) is 307 Å². The molecule has 658 valence electrons. The normalized spacial score (nSPS) is 32.0. The standard InChI is InChI=1S/C98H120F6N4O14.Zn/c1-15-61-49(7)85-81(53-21-19-23-55(37-53)89(115)119-59-33-35-93(11)57(39-59)41-75(109)83-67-29-27-65(47(5)25-31-79(111)112)95(67,13)77(43-69(83)93)121-91(117)97(99,100)101)86-51(9)63(17-3)73(107-86)46-74-64(18-4)52(10)88(108-74)82(87-50(8)62(16-2)72(106-87)45-71(61)105-85)54-22-20-24-56(38-54)90(116)120-60-34-36-94(12)58(40-60)42-76(110)84-68-30-28-66(48(6)26-32-80(113)114)96(68,14)78(44-70(84)94)122-92(118)98(102,103)104;/h19-24,37-38,45-48,57-60,65-70,75-78,83-84,109-110H,15-18,25-36,39-44H2,1-14H3,(H4,105,106,107,108,111,112,113,114);/q;+2/p-2/t47-,48-,57+,58+,59-,60-,65-,66-,67+,68+,69+,70+,75-,76-,77+,78+,83+,84+,93+,94+,95-,96-;/m1./s1. The smallest absolute Gasteiger partial charge is 0.657 e. The number of benzene rings is 2. The molecule has 2 aliphatic heterocycles. The van der Waals surface area contributed by atoms with Gasteiger partial charge in [-0.15, -0.1) is 22.1 Å². The fourth-order valence-corrected chi connectivity index (χ4v) is 27.0. The summed E-state index contributed by atoms with van der Waals surface area (Å²) in [6.07, 6.45) is -6.56. The number of hydrogen-bond donors (Lipinski definition) is 4. The van der Waals surface area contributed by atoms with Gasteiger partial charge in [0.2, 0.25) is 0 Å². The van der Waals surface area contributed by atoms with Crippen molar-refractivity contribution in [3.05, 3.63) is 117 Å². The molecule has 0 spiro atoms. The number of carboxylic acids is 2. The number of ether oxygens (including phenoxy) is 4. The number of halogens is 6. The second-order valence-corrected chi connectivity index (χ2v) is 38.8. The fraction of sp³-hybridized carbons (Fsp3) is 0.612. The van der Waals surface area contributed by atoms with E-state index in [0.29, 0.717) is 194 Å². The quantitative estimate of drug-likeness (QED) is 0.0244. The van der Waals surface area contributed by atoms with Gasteiger partial charge >= 0.3 is 67.6 Å². The average molecular weight is 1760 g/mol. The Bertz CT molecular complexity index is 4940. The van der Waals surface area contributed by atoms with Gasteiger partial charge < -0.3 is 49.3 Å². The Balaban J connectivity index is 0.0000123. The molecular formula is C98H118F6N4O14Zn. The van der Waals surface area contributed by atoms with Crippen LogP contribution in [0.2, 0.25) is 0 Å². The van der Waals surface area contributed by atoms with Crippen molar-refractivity contribution < 1.29 is 114 Å². The van der Waals surface area contributed by atoms with Gasteiger partial charge in [0.15, 0.2) is 0 Å². The van der Waals surface area contributed by atoms with E-state index in [2.05, 4.69) is 81.4 Å². The molecule has 2 aromatic carbocycles. The van der Waals surface area contributed by atoms with E-state index in [1.807, 2.05) is 64.1 Å². The summed E-state index contributed by atoms with van der Waals surface area (Å²) in [4.78, 5) is 102. The van der Waals surface area contributed by atoms with Crippen LogP contribution in [-0.4, -0.2) is 115 Å². The molecule has 5 aromatic rings. The number of hydrogen-bond acceptors (Lipinski definition) is 14. The van der Waals surface area contributed by atoms with Crippen molar-refractivity contribution in [2.75, 3.05) is 0 Å². The molecule has 8 saturated carbocycles. The third kappa shape index (κ3) is 15.9. The molecular weight excluding hydrogens is 1640 g/mol. The Hall–Kier alpha value is -8.02. The van der Waals surface area contributed by atoms with Gasteiger partial charge in [-0.3, -0.25) is 9.59 Å². The van der Waals surface area contributed by atoms with Crippen LogP contribution in [0, 0.1) is 107 Å². The number of nitrogens with zero attached hydrogens (tertiary/aromatic N) is 4. The molecule has 123 heavy (non-hydrogen) atoms. The first kappa shape index (κ1) is 91.2. The Kier molecular flexibility index (Phi) is 25.4. The van der Waals surface area contributed by atoms with Crippen molar-refractivity contribution in [3.8, 4) is 22.3 Å². The molecule has 4 N–H and O–H groups in total. The number of aliphatic hydroxyl groups excluding tert-OH is 2. The number of carbonyl (C=O) groups excluding carboxylic acids is 4. The van der Waals surface area contributed by atoms with Crippen LogP contribution in [0.4, 0.5) is 26.3 Å². The van der Waals surface area contributed by atoms with Crippen LogP contribution in [0.15, 0.2) is 60.7 Å². The Morgan fingerprint density at radius 2 is 0.878 bits per heavy atom. The number of fused-ring (bicyclic) bond motifs is 18. The maximum Gasteiger partial charge on any atom is 2.00 e. The zero-order valence-electron chi connectivity index (χ0n) is 73.4. The second kappa shape index (κ2) is 34.3. The summed E-state index contributed by atoms with van der Waals surface area (Å²) in [5, 5.41) is 44.1. The summed E-state index contributed by atoms with van der Waals surface area (Å²) in [6.45, 7) is 28.6. The SMILES string of the molecule is CCC1=C(C)c2nc1cc1[n-]c(c(C)c1CC)c(-c1cccc(C(=O)O[C@@H]3CC[C@@]4(C)[C@@H](C3)C[C@@H](O)[C@@H]3[C@@H]4C[C@H](OC(=O)C(F)(F)F)[C@]4(C)[C@@H]([C@H](C)CCC(=O)O)CC[C@@H]34)c1)c1nc(cc3[n-]c(c(C)c3CC)c2-c2cccc(C(=O)O[C@@H]3CC[C@@]4(C)[C@@H](C3)C[C@@H](O)[C@@H]3[C@@H]4C[C@H](OC(=O)C(F)(F)F)[C@]4(C)[C@@H]([C@H](C)CCC(=O)O)CC[C@@H]34)c2)C(CC)=C1C.[Zn+2]. The van der Waals surface area contributed by atoms with Gasteiger partial charge in [-0.25, -0.2) is 29.1 Å². The summed E-state index contributed by atoms with van der Waals surface area (Å²) < 4.78 is 110. The summed E-state index contributed by atoms with van der Waals surface area (Å²) >= 11 is 0. The van der Waals surface area contributed by atoms with Crippen LogP contribution in [0.1, 0.15) is 277 Å². The number of alkyl halides is 6. The summed E-state index contributed by atoms with van der Waals surface area (Å²) in [6, 6.07) is 18.8. The zero-order valence-corrected chi connectivity index (χ0v) is 76.3. The first-order valence-corrected chi connectivity index (χ1v) is 44.7. The molecule has 8 bridgehead atoms. The molecule has 8 fully saturated rings. The van der Waals surface area contributed by atoms with Crippen molar-refractivity contribution in [2.45, 2.75) is 287 Å². The summed E-state index contributed by atoms with van der Waals surface area (Å²) in [5.41, 5.74) is 13.6. The number of esters is 4. The summed E-state index contributed by atoms with van der Waals surface area (Å²) in [5.74, 6) is -10.6. The van der Waals surface area contributed by atoms with E-state index < -0.39 is 106 Å². The molecule has 10 aliphatic rings. The van der Waals surface area contributed by atoms with Crippen molar-refractivity contribution in [1.82, 2.24) is 19.9 Å². The van der Waals surface area contributed by atoms with E-state index in [0.717, 1.165) is 44.5 Å². The number of rotatable bonds is 20. The predicted octanol–water partition coefficient (Wildman–Crippen LogP) is 20.8. The molecule has 18 nitrogen and oxygen atoms in total. The topological polar surface area (TPSA) is 274 Å². The van der Waals surface area contributed by atoms with Crippen molar-refractivity contribution in [2.24, 2.45) is 92.7 Å². The Morgan fingerprint density at radius 3 is 1.22 bits per heavy atom. The van der Waals surface area contributed by atoms with Crippen molar-refractivity contribution in [1.29, 1.82) is 0 Å². The molecule has 5 heterocycles. The van der Waals surface area contributed by atoms with Crippen LogP contribution in [-0.2, 0) is 70.4 Å². The molecule has 0 saturated heterocycles. The maximum absolute atomic E-state index is 15.0. The van der Waals surface area contributed by atoms with Crippen molar-refractivity contribution >= 4 is 80.2 Å². The average Bonchev–Trinajstić information content (AvgIpc) is 1.65. The number of aryl methyl sites for hydroxylation is 4. The number of aliphatic carboxylic acids is 2. The van der Waals surface area contributed by atoms with E-state index in [9.17, 15) is 65.9 Å². The van der Waals surface area contributed by atoms with E-state index in [1.165, 1.54) is 0 Å². The van der Waals surface area contributed by atoms with Gasteiger partial charge in [-0.2, -0.15) is 26.3 Å². The van der Waals surface area contributed by atoms with Gasteiger partial charge in [0.05, 0.1) is 46.1 Å². The molecule has 15 rings (SSSR count). The Morgan fingerprint density at radius 1 is 0.504 bits per heavy atom. The third-order valence-electron chi connectivity index (χ3n) is 33.1. The second-order valence-electron chi connectivity index (χ2n) is 38.8. The third-order valence-corrected chi connectivity index (χ3v) is 33.1. The number of aliphatic hydroxyl groups is 2. The van der Waals surface area contributed by atoms with Gasteiger partial charge in [0, 0.05) is 23.7 Å². The van der Waals surface area contributed by atoms with Gasteiger partial charge in [0.1, 0.15) is 24.4 Å². The van der Waals surface area contributed by atoms with E-state index in [4.69, 9.17) is 38.9 Å². The largest absolute Gasteiger partial charge is 2.00 e. The van der Waals surface area contributed by atoms with E-state index >= 15 is 9.59 Å². The Labute approximate surface area is 728 Å². The first-order chi connectivity index (χ1) is 57.6. The van der Waals surface area contributed by atoms with E-state index in [-0.39, 0.29) is 116 Å². The molecule has 3 aromatic heterocycles. The van der Waals surface area contributed by atoms with Gasteiger partial charge in [0.25, 0.3) is 0 Å². The van der Waals surface area contributed by atoms with Crippen molar-refractivity contribution in [3.63, 3.8) is 0 Å². The molecule has 0 amide bonds. The minimum Gasteiger partial charge on any atom is -0.657 e. The molecule has 8 aliphatic carbocycles. The van der Waals surface area contributed by atoms with Crippen LogP contribution in [0.25, 0.3) is 66.6 Å².